The SMILES string of the molecule is CCOc1ccc(S(=O)(=O)NC(Cc2ccccc2)C(=O)NCc2ccccn2)cc1C. The van der Waals surface area contributed by atoms with Gasteiger partial charge in [-0.2, -0.15) is 4.72 Å². The summed E-state index contributed by atoms with van der Waals surface area (Å²) in [7, 11) is -3.94. The lowest BCUT2D eigenvalue weighted by Gasteiger charge is -2.19. The van der Waals surface area contributed by atoms with E-state index in [-0.39, 0.29) is 17.9 Å². The molecule has 0 radical (unpaired) electrons. The van der Waals surface area contributed by atoms with Crippen LogP contribution in [-0.4, -0.2) is 32.0 Å². The number of sulfonamides is 1. The number of hydrogen-bond donors (Lipinski definition) is 2. The molecule has 0 saturated heterocycles. The Hall–Kier alpha value is -3.23. The normalized spacial score (nSPS) is 12.2. The Labute approximate surface area is 188 Å². The highest BCUT2D eigenvalue weighted by atomic mass is 32.2. The monoisotopic (exact) mass is 453 g/mol. The number of hydrogen-bond acceptors (Lipinski definition) is 5. The molecule has 1 amide bonds. The minimum absolute atomic E-state index is 0.0778. The van der Waals surface area contributed by atoms with E-state index >= 15 is 0 Å². The molecule has 1 unspecified atom stereocenters. The van der Waals surface area contributed by atoms with E-state index in [0.29, 0.717) is 23.6 Å². The Bertz CT molecular complexity index is 1140. The number of benzene rings is 2. The summed E-state index contributed by atoms with van der Waals surface area (Å²) in [6.45, 7) is 4.34. The molecule has 0 bridgehead atoms. The van der Waals surface area contributed by atoms with Crippen molar-refractivity contribution in [1.29, 1.82) is 0 Å². The summed E-state index contributed by atoms with van der Waals surface area (Å²) >= 11 is 0. The van der Waals surface area contributed by atoms with Crippen LogP contribution in [0, 0.1) is 6.92 Å². The van der Waals surface area contributed by atoms with Crippen molar-refractivity contribution in [2.75, 3.05) is 6.61 Å². The average Bonchev–Trinajstić information content (AvgIpc) is 2.79. The molecule has 3 aromatic rings. The van der Waals surface area contributed by atoms with Gasteiger partial charge in [0.15, 0.2) is 0 Å². The van der Waals surface area contributed by atoms with Gasteiger partial charge in [0.25, 0.3) is 0 Å². The van der Waals surface area contributed by atoms with Gasteiger partial charge in [-0.1, -0.05) is 36.4 Å². The molecule has 1 aromatic heterocycles. The maximum absolute atomic E-state index is 13.1. The summed E-state index contributed by atoms with van der Waals surface area (Å²) in [6, 6.07) is 18.3. The fourth-order valence-electron chi connectivity index (χ4n) is 3.20. The van der Waals surface area contributed by atoms with Crippen molar-refractivity contribution in [3.8, 4) is 5.75 Å². The van der Waals surface area contributed by atoms with Crippen molar-refractivity contribution in [2.45, 2.75) is 37.8 Å². The fraction of sp³-hybridized carbons (Fsp3) is 0.250. The molecule has 2 aromatic carbocycles. The van der Waals surface area contributed by atoms with Gasteiger partial charge in [-0.15, -0.1) is 0 Å². The van der Waals surface area contributed by atoms with E-state index in [1.165, 1.54) is 6.07 Å². The van der Waals surface area contributed by atoms with Crippen LogP contribution in [-0.2, 0) is 27.8 Å². The molecule has 1 heterocycles. The second-order valence-electron chi connectivity index (χ2n) is 7.26. The van der Waals surface area contributed by atoms with Crippen LogP contribution in [0.4, 0.5) is 0 Å². The van der Waals surface area contributed by atoms with Crippen LogP contribution >= 0.6 is 0 Å². The average molecular weight is 454 g/mol. The first-order chi connectivity index (χ1) is 15.4. The van der Waals surface area contributed by atoms with Crippen LogP contribution in [0.1, 0.15) is 23.7 Å². The quantitative estimate of drug-likeness (QED) is 0.492. The van der Waals surface area contributed by atoms with Gasteiger partial charge in [0.05, 0.1) is 23.7 Å². The maximum atomic E-state index is 13.1. The summed E-state index contributed by atoms with van der Waals surface area (Å²) in [5.41, 5.74) is 2.23. The molecule has 0 spiro atoms. The molecule has 32 heavy (non-hydrogen) atoms. The summed E-state index contributed by atoms with van der Waals surface area (Å²) in [5, 5.41) is 2.78. The molecule has 3 rings (SSSR count). The first-order valence-electron chi connectivity index (χ1n) is 10.4. The summed E-state index contributed by atoms with van der Waals surface area (Å²) in [5.74, 6) is 0.200. The van der Waals surface area contributed by atoms with Gasteiger partial charge in [-0.3, -0.25) is 9.78 Å². The smallest absolute Gasteiger partial charge is 0.241 e. The molecule has 0 aliphatic heterocycles. The van der Waals surface area contributed by atoms with Gasteiger partial charge in [-0.05, 0) is 61.7 Å². The third-order valence-corrected chi connectivity index (χ3v) is 6.29. The highest BCUT2D eigenvalue weighted by Gasteiger charge is 2.26. The zero-order valence-corrected chi connectivity index (χ0v) is 18.9. The van der Waals surface area contributed by atoms with Crippen LogP contribution in [0.3, 0.4) is 0 Å². The first kappa shape index (κ1) is 23.4. The second-order valence-corrected chi connectivity index (χ2v) is 8.98. The molecule has 2 N–H and O–H groups in total. The zero-order valence-electron chi connectivity index (χ0n) is 18.1. The number of carbonyl (C=O) groups is 1. The second kappa shape index (κ2) is 10.9. The van der Waals surface area contributed by atoms with E-state index in [0.717, 1.165) is 5.56 Å². The van der Waals surface area contributed by atoms with Gasteiger partial charge < -0.3 is 10.1 Å². The highest BCUT2D eigenvalue weighted by molar-refractivity contribution is 7.89. The van der Waals surface area contributed by atoms with Crippen molar-refractivity contribution >= 4 is 15.9 Å². The molecular weight excluding hydrogens is 426 g/mol. The van der Waals surface area contributed by atoms with Crippen molar-refractivity contribution in [2.24, 2.45) is 0 Å². The number of nitrogens with one attached hydrogen (secondary N) is 2. The predicted octanol–water partition coefficient (Wildman–Crippen LogP) is 2.99. The van der Waals surface area contributed by atoms with E-state index in [1.54, 1.807) is 37.4 Å². The van der Waals surface area contributed by atoms with Gasteiger partial charge in [-0.25, -0.2) is 8.42 Å². The number of rotatable bonds is 10. The lowest BCUT2D eigenvalue weighted by Crippen LogP contribution is -2.47. The topological polar surface area (TPSA) is 97.4 Å². The number of amides is 1. The highest BCUT2D eigenvalue weighted by Crippen LogP contribution is 2.22. The minimum Gasteiger partial charge on any atom is -0.494 e. The number of ether oxygens (including phenoxy) is 1. The summed E-state index contributed by atoms with van der Waals surface area (Å²) < 4.78 is 34.2. The van der Waals surface area contributed by atoms with E-state index in [9.17, 15) is 13.2 Å². The number of aromatic nitrogens is 1. The van der Waals surface area contributed by atoms with Crippen LogP contribution < -0.4 is 14.8 Å². The van der Waals surface area contributed by atoms with E-state index < -0.39 is 22.0 Å². The molecular formula is C24H27N3O4S. The van der Waals surface area contributed by atoms with Crippen molar-refractivity contribution < 1.29 is 17.9 Å². The molecule has 0 aliphatic rings. The van der Waals surface area contributed by atoms with E-state index in [1.807, 2.05) is 43.3 Å². The molecule has 1 atom stereocenters. The number of aryl methyl sites for hydroxylation is 1. The summed E-state index contributed by atoms with van der Waals surface area (Å²) in [6.07, 6.45) is 1.85. The third-order valence-electron chi connectivity index (χ3n) is 4.82. The minimum atomic E-state index is -3.94. The molecule has 0 fully saturated rings. The standard InChI is InChI=1S/C24H27N3O4S/c1-3-31-23-13-12-21(15-18(23)2)32(29,30)27-22(16-19-9-5-4-6-10-19)24(28)26-17-20-11-7-8-14-25-20/h4-15,22,27H,3,16-17H2,1-2H3,(H,26,28). The van der Waals surface area contributed by atoms with Crippen LogP contribution in [0.25, 0.3) is 0 Å². The van der Waals surface area contributed by atoms with Crippen molar-refractivity contribution in [3.63, 3.8) is 0 Å². The Balaban J connectivity index is 1.80. The Morgan fingerprint density at radius 3 is 2.47 bits per heavy atom. The van der Waals surface area contributed by atoms with Gasteiger partial charge in [0, 0.05) is 6.20 Å². The van der Waals surface area contributed by atoms with E-state index in [2.05, 4.69) is 15.0 Å². The molecule has 0 aliphatic carbocycles. The Kier molecular flexibility index (Phi) is 7.97. The molecule has 8 heteroatoms. The Morgan fingerprint density at radius 2 is 1.81 bits per heavy atom. The van der Waals surface area contributed by atoms with Gasteiger partial charge in [0.1, 0.15) is 11.8 Å². The summed E-state index contributed by atoms with van der Waals surface area (Å²) in [4.78, 5) is 17.2. The largest absolute Gasteiger partial charge is 0.494 e. The molecule has 0 saturated carbocycles. The number of pyridine rings is 1. The predicted molar refractivity (Wildman–Crippen MR) is 123 cm³/mol. The van der Waals surface area contributed by atoms with Gasteiger partial charge >= 0.3 is 0 Å². The molecule has 168 valence electrons. The Morgan fingerprint density at radius 1 is 1.06 bits per heavy atom. The lowest BCUT2D eigenvalue weighted by atomic mass is 10.1. The van der Waals surface area contributed by atoms with Gasteiger partial charge in [0.2, 0.25) is 15.9 Å². The molecule has 7 nitrogen and oxygen atoms in total. The number of carbonyl (C=O) groups excluding carboxylic acids is 1. The van der Waals surface area contributed by atoms with Crippen molar-refractivity contribution in [1.82, 2.24) is 15.0 Å². The van der Waals surface area contributed by atoms with Crippen molar-refractivity contribution in [3.05, 3.63) is 89.7 Å². The fourth-order valence-corrected chi connectivity index (χ4v) is 4.48. The van der Waals surface area contributed by atoms with Crippen LogP contribution in [0.2, 0.25) is 0 Å². The number of nitrogens with zero attached hydrogens (tertiary/aromatic N) is 1. The maximum Gasteiger partial charge on any atom is 0.241 e. The van der Waals surface area contributed by atoms with E-state index in [4.69, 9.17) is 4.74 Å². The third kappa shape index (κ3) is 6.38. The lowest BCUT2D eigenvalue weighted by molar-refractivity contribution is -0.122. The van der Waals surface area contributed by atoms with Crippen LogP contribution in [0.5, 0.6) is 5.75 Å². The van der Waals surface area contributed by atoms with Crippen LogP contribution in [0.15, 0.2) is 77.8 Å². The first-order valence-corrected chi connectivity index (χ1v) is 11.8. The zero-order chi connectivity index (χ0) is 23.0.